The number of nitrogens with two attached hydrogens (primary N) is 1. The third-order valence-electron chi connectivity index (χ3n) is 2.28. The molecule has 20 heavy (non-hydrogen) atoms. The molecule has 0 aromatic heterocycles. The van der Waals surface area contributed by atoms with E-state index in [1.165, 1.54) is 6.07 Å². The summed E-state index contributed by atoms with van der Waals surface area (Å²) in [4.78, 5) is -0.494. The molecule has 0 saturated carbocycles. The molecule has 10 heteroatoms. The predicted octanol–water partition coefficient (Wildman–Crippen LogP) is 1.47. The van der Waals surface area contributed by atoms with Crippen LogP contribution in [0.4, 0.5) is 18.9 Å². The topological polar surface area (TPSA) is 83.6 Å². The number of anilines is 1. The van der Waals surface area contributed by atoms with Gasteiger partial charge in [-0.3, -0.25) is 0 Å². The van der Waals surface area contributed by atoms with E-state index in [-0.39, 0.29) is 15.0 Å². The SMILES string of the molecule is Nc1ccc(S(=O)(=O)N(CCO)CC(F)(F)F)c(Cl)c1. The van der Waals surface area contributed by atoms with E-state index in [4.69, 9.17) is 22.4 Å². The van der Waals surface area contributed by atoms with Crippen LogP contribution in [-0.2, 0) is 10.0 Å². The maximum Gasteiger partial charge on any atom is 0.402 e. The molecule has 0 aliphatic heterocycles. The first-order valence-corrected chi connectivity index (χ1v) is 7.12. The summed E-state index contributed by atoms with van der Waals surface area (Å²) >= 11 is 5.70. The summed E-state index contributed by atoms with van der Waals surface area (Å²) in [5.74, 6) is 0. The average molecular weight is 333 g/mol. The zero-order chi connectivity index (χ0) is 15.6. The Bertz CT molecular complexity index is 578. The minimum absolute atomic E-state index is 0.115. The Labute approximate surface area is 118 Å². The number of aliphatic hydroxyl groups is 1. The molecule has 3 N–H and O–H groups in total. The fourth-order valence-corrected chi connectivity index (χ4v) is 3.40. The number of nitrogens with zero attached hydrogens (tertiary/aromatic N) is 1. The molecule has 114 valence electrons. The van der Waals surface area contributed by atoms with Crippen LogP contribution in [0.3, 0.4) is 0 Å². The summed E-state index contributed by atoms with van der Waals surface area (Å²) in [6, 6.07) is 3.36. The van der Waals surface area contributed by atoms with Crippen molar-refractivity contribution in [3.63, 3.8) is 0 Å². The summed E-state index contributed by atoms with van der Waals surface area (Å²) in [6.45, 7) is -3.15. The molecule has 0 aliphatic rings. The van der Waals surface area contributed by atoms with E-state index < -0.39 is 40.8 Å². The van der Waals surface area contributed by atoms with E-state index in [2.05, 4.69) is 0 Å². The Kier molecular flexibility index (Phi) is 5.25. The smallest absolute Gasteiger partial charge is 0.399 e. The second-order valence-electron chi connectivity index (χ2n) is 3.87. The highest BCUT2D eigenvalue weighted by molar-refractivity contribution is 7.89. The maximum absolute atomic E-state index is 12.4. The largest absolute Gasteiger partial charge is 0.402 e. The molecule has 0 atom stereocenters. The van der Waals surface area contributed by atoms with Gasteiger partial charge in [0.1, 0.15) is 11.4 Å². The first kappa shape index (κ1) is 17.0. The minimum Gasteiger partial charge on any atom is -0.399 e. The number of rotatable bonds is 5. The molecule has 0 spiro atoms. The van der Waals surface area contributed by atoms with Crippen molar-refractivity contribution in [2.75, 3.05) is 25.4 Å². The molecule has 1 aromatic rings. The standard InChI is InChI=1S/C10H12ClF3N2O3S/c11-8-5-7(15)1-2-9(8)20(18,19)16(3-4-17)6-10(12,13)14/h1-2,5,17H,3-4,6,15H2. The molecule has 0 heterocycles. The van der Waals surface area contributed by atoms with Crippen molar-refractivity contribution in [2.24, 2.45) is 0 Å². The summed E-state index contributed by atoms with van der Waals surface area (Å²) in [6.07, 6.45) is -4.73. The summed E-state index contributed by atoms with van der Waals surface area (Å²) in [7, 11) is -4.48. The normalized spacial score (nSPS) is 12.9. The summed E-state index contributed by atoms with van der Waals surface area (Å²) in [5.41, 5.74) is 5.57. The van der Waals surface area contributed by atoms with Crippen molar-refractivity contribution in [2.45, 2.75) is 11.1 Å². The van der Waals surface area contributed by atoms with Crippen LogP contribution in [0.15, 0.2) is 23.1 Å². The van der Waals surface area contributed by atoms with Crippen LogP contribution in [0.5, 0.6) is 0 Å². The quantitative estimate of drug-likeness (QED) is 0.800. The van der Waals surface area contributed by atoms with E-state index in [1.54, 1.807) is 0 Å². The molecule has 1 rings (SSSR count). The van der Waals surface area contributed by atoms with Gasteiger partial charge in [-0.05, 0) is 18.2 Å². The van der Waals surface area contributed by atoms with Crippen LogP contribution in [0.25, 0.3) is 0 Å². The molecule has 0 radical (unpaired) electrons. The number of hydrogen-bond acceptors (Lipinski definition) is 4. The molecule has 0 amide bonds. The molecule has 0 fully saturated rings. The lowest BCUT2D eigenvalue weighted by molar-refractivity contribution is -0.136. The van der Waals surface area contributed by atoms with Gasteiger partial charge in [-0.25, -0.2) is 8.42 Å². The van der Waals surface area contributed by atoms with Crippen molar-refractivity contribution in [1.82, 2.24) is 4.31 Å². The second kappa shape index (κ2) is 6.17. The van der Waals surface area contributed by atoms with Gasteiger partial charge in [0.2, 0.25) is 10.0 Å². The molecular weight excluding hydrogens is 321 g/mol. The van der Waals surface area contributed by atoms with Gasteiger partial charge in [0.15, 0.2) is 0 Å². The van der Waals surface area contributed by atoms with Crippen LogP contribution in [0.1, 0.15) is 0 Å². The van der Waals surface area contributed by atoms with Crippen molar-refractivity contribution in [1.29, 1.82) is 0 Å². The number of benzene rings is 1. The van der Waals surface area contributed by atoms with Crippen LogP contribution in [-0.4, -0.2) is 43.7 Å². The van der Waals surface area contributed by atoms with Gasteiger partial charge >= 0.3 is 6.18 Å². The Hall–Kier alpha value is -1.03. The number of nitrogen functional groups attached to an aromatic ring is 1. The van der Waals surface area contributed by atoms with Gasteiger partial charge in [-0.2, -0.15) is 17.5 Å². The van der Waals surface area contributed by atoms with Crippen molar-refractivity contribution < 1.29 is 26.7 Å². The number of sulfonamides is 1. The highest BCUT2D eigenvalue weighted by Gasteiger charge is 2.37. The van der Waals surface area contributed by atoms with Crippen molar-refractivity contribution in [3.05, 3.63) is 23.2 Å². The molecule has 0 aliphatic carbocycles. The lowest BCUT2D eigenvalue weighted by Crippen LogP contribution is -2.40. The Morgan fingerprint density at radius 1 is 1.35 bits per heavy atom. The van der Waals surface area contributed by atoms with Gasteiger partial charge in [-0.15, -0.1) is 0 Å². The molecule has 0 unspecified atom stereocenters. The predicted molar refractivity (Wildman–Crippen MR) is 67.8 cm³/mol. The van der Waals surface area contributed by atoms with Crippen LogP contribution in [0, 0.1) is 0 Å². The van der Waals surface area contributed by atoms with Crippen LogP contribution < -0.4 is 5.73 Å². The molecule has 0 saturated heterocycles. The van der Waals surface area contributed by atoms with E-state index in [1.807, 2.05) is 0 Å². The van der Waals surface area contributed by atoms with E-state index in [0.29, 0.717) is 0 Å². The van der Waals surface area contributed by atoms with Crippen molar-refractivity contribution >= 4 is 27.3 Å². The molecular formula is C10H12ClF3N2O3S. The summed E-state index contributed by atoms with van der Waals surface area (Å²) in [5, 5.41) is 8.45. The first-order chi connectivity index (χ1) is 9.08. The number of hydrogen-bond donors (Lipinski definition) is 2. The third-order valence-corrected chi connectivity index (χ3v) is 4.61. The number of aliphatic hydroxyl groups excluding tert-OH is 1. The summed E-state index contributed by atoms with van der Waals surface area (Å²) < 4.78 is 61.6. The lowest BCUT2D eigenvalue weighted by Gasteiger charge is -2.23. The molecule has 1 aromatic carbocycles. The number of halogens is 4. The maximum atomic E-state index is 12.4. The van der Waals surface area contributed by atoms with Crippen LogP contribution >= 0.6 is 11.6 Å². The highest BCUT2D eigenvalue weighted by atomic mass is 35.5. The molecule has 0 bridgehead atoms. The minimum atomic E-state index is -4.73. The van der Waals surface area contributed by atoms with Crippen LogP contribution in [0.2, 0.25) is 5.02 Å². The number of alkyl halides is 3. The third kappa shape index (κ3) is 4.23. The van der Waals surface area contributed by atoms with Gasteiger partial charge in [0.25, 0.3) is 0 Å². The van der Waals surface area contributed by atoms with Gasteiger partial charge in [-0.1, -0.05) is 11.6 Å². The fourth-order valence-electron chi connectivity index (χ4n) is 1.46. The van der Waals surface area contributed by atoms with Crippen molar-refractivity contribution in [3.8, 4) is 0 Å². The van der Waals surface area contributed by atoms with Gasteiger partial charge in [0.05, 0.1) is 11.6 Å². The monoisotopic (exact) mass is 332 g/mol. The molecule has 5 nitrogen and oxygen atoms in total. The average Bonchev–Trinajstić information content (AvgIpc) is 2.26. The van der Waals surface area contributed by atoms with E-state index in [9.17, 15) is 21.6 Å². The Morgan fingerprint density at radius 3 is 2.40 bits per heavy atom. The Balaban J connectivity index is 3.22. The lowest BCUT2D eigenvalue weighted by atomic mass is 10.3. The highest BCUT2D eigenvalue weighted by Crippen LogP contribution is 2.28. The first-order valence-electron chi connectivity index (χ1n) is 5.30. The fraction of sp³-hybridized carbons (Fsp3) is 0.400. The zero-order valence-corrected chi connectivity index (χ0v) is 11.6. The second-order valence-corrected chi connectivity index (χ2v) is 6.18. The van der Waals surface area contributed by atoms with E-state index in [0.717, 1.165) is 12.1 Å². The zero-order valence-electron chi connectivity index (χ0n) is 10.1. The van der Waals surface area contributed by atoms with Gasteiger partial charge in [0, 0.05) is 12.2 Å². The Morgan fingerprint density at radius 2 is 1.95 bits per heavy atom. The van der Waals surface area contributed by atoms with Gasteiger partial charge < -0.3 is 10.8 Å². The van der Waals surface area contributed by atoms with E-state index >= 15 is 0 Å².